The van der Waals surface area contributed by atoms with Gasteiger partial charge in [-0.05, 0) is 42.4 Å². The van der Waals surface area contributed by atoms with Crippen molar-refractivity contribution in [1.29, 1.82) is 0 Å². The van der Waals surface area contributed by atoms with Gasteiger partial charge in [-0.3, -0.25) is 0 Å². The first-order valence-electron chi connectivity index (χ1n) is 6.06. The van der Waals surface area contributed by atoms with E-state index in [1.165, 1.54) is 8.99 Å². The average Bonchev–Trinajstić information content (AvgIpc) is 2.68. The van der Waals surface area contributed by atoms with Crippen molar-refractivity contribution >= 4 is 26.0 Å². The van der Waals surface area contributed by atoms with Crippen molar-refractivity contribution in [3.63, 3.8) is 0 Å². The fourth-order valence-electron chi connectivity index (χ4n) is 2.37. The minimum absolute atomic E-state index is 0.00875. The number of sulfonamides is 1. The lowest BCUT2D eigenvalue weighted by atomic mass is 10.1. The van der Waals surface area contributed by atoms with Gasteiger partial charge in [0.05, 0.1) is 0 Å². The Kier molecular flexibility index (Phi) is 4.29. The lowest BCUT2D eigenvalue weighted by Crippen LogP contribution is -2.47. The van der Waals surface area contributed by atoms with E-state index in [0.29, 0.717) is 0 Å². The molecule has 0 N–H and O–H groups in total. The van der Waals surface area contributed by atoms with E-state index >= 15 is 0 Å². The number of piperidine rings is 1. The van der Waals surface area contributed by atoms with Crippen LogP contribution in [0.25, 0.3) is 0 Å². The quantitative estimate of drug-likeness (QED) is 0.782. The van der Waals surface area contributed by atoms with E-state index in [0.717, 1.165) is 25.9 Å². The number of aryl methyl sites for hydroxylation is 1. The second kappa shape index (κ2) is 5.47. The molecule has 108 valence electrons. The summed E-state index contributed by atoms with van der Waals surface area (Å²) in [5.41, 5.74) is 0. The van der Waals surface area contributed by atoms with E-state index in [2.05, 4.69) is 31.1 Å². The summed E-state index contributed by atoms with van der Waals surface area (Å²) in [5.74, 6) is 0. The van der Waals surface area contributed by atoms with Crippen molar-refractivity contribution in [2.24, 2.45) is 7.05 Å². The van der Waals surface area contributed by atoms with Gasteiger partial charge in [-0.2, -0.15) is 4.31 Å². The molecular weight excluding hydrogens is 334 g/mol. The third-order valence-electron chi connectivity index (χ3n) is 3.47. The first kappa shape index (κ1) is 14.9. The minimum atomic E-state index is -3.58. The Hall–Kier alpha value is -0.510. The molecule has 1 unspecified atom stereocenters. The van der Waals surface area contributed by atoms with Crippen LogP contribution < -0.4 is 0 Å². The molecule has 0 amide bonds. The third-order valence-corrected chi connectivity index (χ3v) is 6.27. The summed E-state index contributed by atoms with van der Waals surface area (Å²) in [4.78, 5) is 2.15. The highest BCUT2D eigenvalue weighted by molar-refractivity contribution is 9.10. The van der Waals surface area contributed by atoms with Crippen LogP contribution in [0, 0.1) is 0 Å². The molecule has 1 atom stereocenters. The molecule has 2 rings (SSSR count). The predicted molar refractivity (Wildman–Crippen MR) is 74.2 cm³/mol. The number of hydrogen-bond acceptors (Lipinski definition) is 5. The van der Waals surface area contributed by atoms with Gasteiger partial charge in [-0.15, -0.1) is 5.10 Å². The summed E-state index contributed by atoms with van der Waals surface area (Å²) in [6, 6.07) is -0.00875. The van der Waals surface area contributed by atoms with Crippen LogP contribution in [0.5, 0.6) is 0 Å². The summed E-state index contributed by atoms with van der Waals surface area (Å²) < 4.78 is 28.2. The van der Waals surface area contributed by atoms with Crippen molar-refractivity contribution in [1.82, 2.24) is 24.2 Å². The molecule has 0 spiro atoms. The number of hydrogen-bond donors (Lipinski definition) is 0. The predicted octanol–water partition coefficient (Wildman–Crippen LogP) is 0.292. The summed E-state index contributed by atoms with van der Waals surface area (Å²) in [7, 11) is 1.62. The monoisotopic (exact) mass is 351 g/mol. The highest BCUT2D eigenvalue weighted by Crippen LogP contribution is 2.25. The van der Waals surface area contributed by atoms with Crippen LogP contribution >= 0.6 is 15.9 Å². The Labute approximate surface area is 121 Å². The van der Waals surface area contributed by atoms with Crippen LogP contribution in [0.15, 0.2) is 9.63 Å². The third kappa shape index (κ3) is 2.83. The zero-order chi connectivity index (χ0) is 14.2. The smallest absolute Gasteiger partial charge is 0.263 e. The van der Waals surface area contributed by atoms with E-state index in [4.69, 9.17) is 0 Å². The molecule has 1 saturated heterocycles. The van der Waals surface area contributed by atoms with E-state index in [-0.39, 0.29) is 15.7 Å². The highest BCUT2D eigenvalue weighted by Gasteiger charge is 2.34. The van der Waals surface area contributed by atoms with Gasteiger partial charge >= 0.3 is 0 Å². The van der Waals surface area contributed by atoms with Gasteiger partial charge in [-0.25, -0.2) is 13.1 Å². The van der Waals surface area contributed by atoms with Gasteiger partial charge in [0.2, 0.25) is 5.03 Å². The van der Waals surface area contributed by atoms with E-state index in [1.807, 2.05) is 7.05 Å². The second-order valence-corrected chi connectivity index (χ2v) is 7.55. The number of rotatable bonds is 3. The Morgan fingerprint density at radius 1 is 1.42 bits per heavy atom. The van der Waals surface area contributed by atoms with Crippen molar-refractivity contribution in [2.45, 2.75) is 23.9 Å². The van der Waals surface area contributed by atoms with Crippen molar-refractivity contribution in [2.75, 3.05) is 27.2 Å². The fourth-order valence-corrected chi connectivity index (χ4v) is 4.77. The molecule has 9 heteroatoms. The number of halogens is 1. The number of aromatic nitrogens is 3. The maximum Gasteiger partial charge on any atom is 0.263 e. The van der Waals surface area contributed by atoms with Crippen molar-refractivity contribution in [3.8, 4) is 0 Å². The number of likely N-dealkylation sites (tertiary alicyclic amines) is 1. The van der Waals surface area contributed by atoms with Crippen molar-refractivity contribution in [3.05, 3.63) is 4.60 Å². The Morgan fingerprint density at radius 3 is 2.63 bits per heavy atom. The summed E-state index contributed by atoms with van der Waals surface area (Å²) in [6.45, 7) is 1.76. The fraction of sp³-hybridized carbons (Fsp3) is 0.800. The standard InChI is InChI=1S/C10H18BrN5O2S/c1-14-6-4-5-8(7-14)16(3)19(17,18)10-9(11)12-13-15(10)2/h8H,4-7H2,1-3H3. The lowest BCUT2D eigenvalue weighted by Gasteiger charge is -2.34. The van der Waals surface area contributed by atoms with E-state index < -0.39 is 10.0 Å². The molecule has 0 saturated carbocycles. The molecule has 19 heavy (non-hydrogen) atoms. The second-order valence-electron chi connectivity index (χ2n) is 4.89. The lowest BCUT2D eigenvalue weighted by molar-refractivity contribution is 0.187. The summed E-state index contributed by atoms with van der Waals surface area (Å²) >= 11 is 3.15. The molecule has 1 aliphatic rings. The Bertz CT molecular complexity index is 539. The molecular formula is C10H18BrN5O2S. The minimum Gasteiger partial charge on any atom is -0.305 e. The molecule has 0 aliphatic carbocycles. The number of likely N-dealkylation sites (N-methyl/N-ethyl adjacent to an activating group) is 2. The topological polar surface area (TPSA) is 71.3 Å². The molecule has 7 nitrogen and oxygen atoms in total. The van der Waals surface area contributed by atoms with Crippen LogP contribution in [-0.4, -0.2) is 65.8 Å². The SMILES string of the molecule is CN1CCCC(N(C)S(=O)(=O)c2c(Br)nnn2C)C1. The van der Waals surface area contributed by atoms with Gasteiger partial charge in [-0.1, -0.05) is 5.21 Å². The first-order valence-corrected chi connectivity index (χ1v) is 8.29. The molecule has 1 aromatic heterocycles. The Balaban J connectivity index is 2.29. The first-order chi connectivity index (χ1) is 8.84. The summed E-state index contributed by atoms with van der Waals surface area (Å²) in [6.07, 6.45) is 1.88. The number of nitrogens with zero attached hydrogens (tertiary/aromatic N) is 5. The molecule has 1 aliphatic heterocycles. The van der Waals surface area contributed by atoms with Crippen LogP contribution in [0.2, 0.25) is 0 Å². The van der Waals surface area contributed by atoms with Gasteiger partial charge < -0.3 is 4.90 Å². The van der Waals surface area contributed by atoms with Gasteiger partial charge in [0, 0.05) is 26.7 Å². The van der Waals surface area contributed by atoms with Gasteiger partial charge in [0.15, 0.2) is 4.60 Å². The van der Waals surface area contributed by atoms with E-state index in [1.54, 1.807) is 14.1 Å². The maximum atomic E-state index is 12.6. The largest absolute Gasteiger partial charge is 0.305 e. The Morgan fingerprint density at radius 2 is 2.11 bits per heavy atom. The van der Waals surface area contributed by atoms with Gasteiger partial charge in [0.25, 0.3) is 10.0 Å². The van der Waals surface area contributed by atoms with Crippen LogP contribution in [0.3, 0.4) is 0 Å². The molecule has 2 heterocycles. The van der Waals surface area contributed by atoms with Gasteiger partial charge in [0.1, 0.15) is 0 Å². The summed E-state index contributed by atoms with van der Waals surface area (Å²) in [5, 5.41) is 7.57. The maximum absolute atomic E-state index is 12.6. The normalized spacial score (nSPS) is 22.1. The van der Waals surface area contributed by atoms with E-state index in [9.17, 15) is 8.42 Å². The molecule has 0 radical (unpaired) electrons. The zero-order valence-corrected chi connectivity index (χ0v) is 13.6. The highest BCUT2D eigenvalue weighted by atomic mass is 79.9. The van der Waals surface area contributed by atoms with Crippen LogP contribution in [-0.2, 0) is 17.1 Å². The van der Waals surface area contributed by atoms with Crippen LogP contribution in [0.1, 0.15) is 12.8 Å². The zero-order valence-electron chi connectivity index (χ0n) is 11.2. The van der Waals surface area contributed by atoms with Crippen molar-refractivity contribution < 1.29 is 8.42 Å². The molecule has 0 bridgehead atoms. The average molecular weight is 352 g/mol. The molecule has 1 fully saturated rings. The molecule has 0 aromatic carbocycles. The van der Waals surface area contributed by atoms with Crippen LogP contribution in [0.4, 0.5) is 0 Å². The molecule has 1 aromatic rings.